The van der Waals surface area contributed by atoms with E-state index >= 15 is 0 Å². The summed E-state index contributed by atoms with van der Waals surface area (Å²) < 4.78 is 0. The lowest BCUT2D eigenvalue weighted by molar-refractivity contribution is -0.140. The Kier molecular flexibility index (Phi) is 17.8. The normalized spacial score (nSPS) is 13.4. The average molecular weight is 666 g/mol. The van der Waals surface area contributed by atoms with E-state index in [1.807, 2.05) is 0 Å². The molecular weight excluding hydrogens is 618 g/mol. The molecule has 0 saturated heterocycles. The molecule has 0 aliphatic carbocycles. The second kappa shape index (κ2) is 20.9. The van der Waals surface area contributed by atoms with Gasteiger partial charge >= 0.3 is 11.9 Å². The van der Waals surface area contributed by atoms with Crippen LogP contribution in [-0.2, 0) is 35.2 Å². The minimum Gasteiger partial charge on any atom is -0.508 e. The number of nitrogens with two attached hydrogens (primary N) is 2. The molecule has 0 aliphatic rings. The number of carbonyl (C=O) groups excluding carboxylic acids is 4. The Labute approximate surface area is 272 Å². The number of carbonyl (C=O) groups is 6. The topological polar surface area (TPSA) is 311 Å². The highest BCUT2D eigenvalue weighted by molar-refractivity contribution is 5.93. The summed E-state index contributed by atoms with van der Waals surface area (Å²) in [5.74, 6) is -5.66. The number of aromatic hydroxyl groups is 1. The minimum absolute atomic E-state index is 0.0140. The van der Waals surface area contributed by atoms with Gasteiger partial charge in [-0.2, -0.15) is 0 Å². The highest BCUT2D eigenvalue weighted by Gasteiger charge is 2.30. The maximum absolute atomic E-state index is 13.4. The molecule has 1 rings (SSSR count). The molecule has 0 aromatic heterocycles. The maximum Gasteiger partial charge on any atom is 0.322 e. The van der Waals surface area contributed by atoms with Crippen molar-refractivity contribution in [3.05, 3.63) is 29.8 Å². The predicted molar refractivity (Wildman–Crippen MR) is 170 cm³/mol. The van der Waals surface area contributed by atoms with E-state index in [9.17, 15) is 33.9 Å². The molecule has 4 amide bonds. The Hall–Kier alpha value is -4.97. The molecule has 1 aromatic carbocycles. The molecule has 18 nitrogen and oxygen atoms in total. The maximum atomic E-state index is 13.4. The molecule has 14 N–H and O–H groups in total. The van der Waals surface area contributed by atoms with Crippen LogP contribution >= 0.6 is 0 Å². The number of hydrogen-bond donors (Lipinski definition) is 12. The van der Waals surface area contributed by atoms with Gasteiger partial charge in [0.1, 0.15) is 24.4 Å². The fraction of sp³-hybridized carbons (Fsp3) is 0.552. The Morgan fingerprint density at radius 1 is 0.787 bits per heavy atom. The van der Waals surface area contributed by atoms with Gasteiger partial charge in [0.05, 0.1) is 18.5 Å². The molecular formula is C29H47N9O9. The summed E-state index contributed by atoms with van der Waals surface area (Å²) in [5.41, 5.74) is 11.9. The van der Waals surface area contributed by atoms with Crippen LogP contribution in [0.4, 0.5) is 0 Å². The van der Waals surface area contributed by atoms with Crippen molar-refractivity contribution in [2.45, 2.75) is 70.1 Å². The first kappa shape index (κ1) is 40.1. The van der Waals surface area contributed by atoms with E-state index in [1.165, 1.54) is 12.1 Å². The monoisotopic (exact) mass is 665 g/mol. The van der Waals surface area contributed by atoms with E-state index in [2.05, 4.69) is 31.9 Å². The first-order valence-corrected chi connectivity index (χ1v) is 15.0. The number of benzene rings is 1. The van der Waals surface area contributed by atoms with Gasteiger partial charge < -0.3 is 58.7 Å². The third-order valence-electron chi connectivity index (χ3n) is 6.75. The second-order valence-electron chi connectivity index (χ2n) is 11.1. The first-order chi connectivity index (χ1) is 22.1. The van der Waals surface area contributed by atoms with Crippen LogP contribution in [0.25, 0.3) is 0 Å². The SMILES string of the molecule is CC(C)[C@@H](NC(=O)[C@@H](N)CCCNC(=N)N)C(=O)N[C@H](Cc1ccc(O)cc1)C(=O)NCCCN[C@H](CC(=O)O)C(=O)NCC(=O)O. The molecule has 0 radical (unpaired) electrons. The lowest BCUT2D eigenvalue weighted by atomic mass is 10.00. The van der Waals surface area contributed by atoms with E-state index in [0.29, 0.717) is 18.5 Å². The van der Waals surface area contributed by atoms with Gasteiger partial charge in [0, 0.05) is 19.5 Å². The first-order valence-electron chi connectivity index (χ1n) is 15.0. The zero-order valence-corrected chi connectivity index (χ0v) is 26.5. The molecule has 0 bridgehead atoms. The number of phenolic OH excluding ortho intramolecular Hbond substituents is 1. The summed E-state index contributed by atoms with van der Waals surface area (Å²) in [7, 11) is 0. The molecule has 4 atom stereocenters. The second-order valence-corrected chi connectivity index (χ2v) is 11.1. The van der Waals surface area contributed by atoms with Crippen LogP contribution in [0.5, 0.6) is 5.75 Å². The molecule has 0 unspecified atom stereocenters. The van der Waals surface area contributed by atoms with Gasteiger partial charge in [-0.25, -0.2) is 0 Å². The standard InChI is InChI=1S/C29H47N9O9/c1-16(2)24(38-25(44)19(30)5-3-10-35-29(31)32)28(47)37-21(13-17-6-8-18(39)9-7-17)27(46)34-12-4-11-33-20(14-22(40)41)26(45)36-15-23(42)43/h6-9,16,19-21,24,33,39H,3-5,10-15,30H2,1-2H3,(H,34,46)(H,36,45)(H,37,47)(H,38,44)(H,40,41)(H,42,43)(H4,31,32,35)/t19-,20+,21+,24+/m0/s1. The molecule has 18 heteroatoms. The lowest BCUT2D eigenvalue weighted by Gasteiger charge is -2.26. The summed E-state index contributed by atoms with van der Waals surface area (Å²) >= 11 is 0. The Morgan fingerprint density at radius 3 is 1.98 bits per heavy atom. The van der Waals surface area contributed by atoms with Crippen LogP contribution in [0.15, 0.2) is 24.3 Å². The van der Waals surface area contributed by atoms with Gasteiger partial charge in [-0.15, -0.1) is 0 Å². The van der Waals surface area contributed by atoms with Crippen molar-refractivity contribution >= 4 is 41.5 Å². The number of amides is 4. The molecule has 0 heterocycles. The van der Waals surface area contributed by atoms with Crippen LogP contribution in [0, 0.1) is 11.3 Å². The number of nitrogens with one attached hydrogen (secondary N) is 7. The summed E-state index contributed by atoms with van der Waals surface area (Å²) in [6.07, 6.45) is 0.424. The van der Waals surface area contributed by atoms with Crippen molar-refractivity contribution in [1.29, 1.82) is 5.41 Å². The quantitative estimate of drug-likeness (QED) is 0.0341. The third-order valence-corrected chi connectivity index (χ3v) is 6.75. The molecule has 0 saturated carbocycles. The molecule has 0 fully saturated rings. The minimum atomic E-state index is -1.29. The molecule has 0 aliphatic heterocycles. The van der Waals surface area contributed by atoms with Crippen molar-refractivity contribution in [2.24, 2.45) is 17.4 Å². The van der Waals surface area contributed by atoms with E-state index < -0.39 is 72.7 Å². The number of carboxylic acid groups (broad SMARTS) is 2. The van der Waals surface area contributed by atoms with Crippen molar-refractivity contribution in [3.8, 4) is 5.75 Å². The number of phenols is 1. The Balaban J connectivity index is 2.87. The summed E-state index contributed by atoms with van der Waals surface area (Å²) in [6.45, 7) is 3.28. The fourth-order valence-corrected chi connectivity index (χ4v) is 4.23. The van der Waals surface area contributed by atoms with Gasteiger partial charge in [-0.1, -0.05) is 26.0 Å². The van der Waals surface area contributed by atoms with Gasteiger partial charge in [0.25, 0.3) is 0 Å². The van der Waals surface area contributed by atoms with Crippen LogP contribution in [0.2, 0.25) is 0 Å². The molecule has 0 spiro atoms. The van der Waals surface area contributed by atoms with E-state index in [4.69, 9.17) is 27.1 Å². The average Bonchev–Trinajstić information content (AvgIpc) is 2.99. The number of guanidine groups is 1. The van der Waals surface area contributed by atoms with Gasteiger partial charge in [0.15, 0.2) is 5.96 Å². The number of aliphatic carboxylic acids is 2. The van der Waals surface area contributed by atoms with Crippen molar-refractivity contribution in [1.82, 2.24) is 31.9 Å². The van der Waals surface area contributed by atoms with Crippen LogP contribution in [-0.4, -0.2) is 107 Å². The molecule has 47 heavy (non-hydrogen) atoms. The van der Waals surface area contributed by atoms with Gasteiger partial charge in [0.2, 0.25) is 23.6 Å². The lowest BCUT2D eigenvalue weighted by Crippen LogP contribution is -2.58. The highest BCUT2D eigenvalue weighted by atomic mass is 16.4. The van der Waals surface area contributed by atoms with Crippen LogP contribution in [0.1, 0.15) is 45.1 Å². The van der Waals surface area contributed by atoms with E-state index in [-0.39, 0.29) is 50.0 Å². The Morgan fingerprint density at radius 2 is 1.40 bits per heavy atom. The zero-order valence-electron chi connectivity index (χ0n) is 26.5. The van der Waals surface area contributed by atoms with Crippen LogP contribution < -0.4 is 43.4 Å². The van der Waals surface area contributed by atoms with Crippen molar-refractivity contribution < 1.29 is 44.1 Å². The summed E-state index contributed by atoms with van der Waals surface area (Å²) in [5, 5.41) is 50.1. The third kappa shape index (κ3) is 16.8. The Bertz CT molecular complexity index is 1230. The van der Waals surface area contributed by atoms with Crippen molar-refractivity contribution in [3.63, 3.8) is 0 Å². The largest absolute Gasteiger partial charge is 0.508 e. The summed E-state index contributed by atoms with van der Waals surface area (Å²) in [4.78, 5) is 73.4. The molecule has 262 valence electrons. The smallest absolute Gasteiger partial charge is 0.322 e. The van der Waals surface area contributed by atoms with E-state index in [0.717, 1.165) is 0 Å². The van der Waals surface area contributed by atoms with E-state index in [1.54, 1.807) is 26.0 Å². The highest BCUT2D eigenvalue weighted by Crippen LogP contribution is 2.12. The number of rotatable bonds is 22. The van der Waals surface area contributed by atoms with Gasteiger partial charge in [-0.05, 0) is 49.4 Å². The van der Waals surface area contributed by atoms with Crippen molar-refractivity contribution in [2.75, 3.05) is 26.2 Å². The predicted octanol–water partition coefficient (Wildman–Crippen LogP) is -2.71. The van der Waals surface area contributed by atoms with Gasteiger partial charge in [-0.3, -0.25) is 34.2 Å². The van der Waals surface area contributed by atoms with Crippen LogP contribution in [0.3, 0.4) is 0 Å². The zero-order chi connectivity index (χ0) is 35.5. The summed E-state index contributed by atoms with van der Waals surface area (Å²) in [6, 6.07) is 1.80. The fourth-order valence-electron chi connectivity index (χ4n) is 4.23. The number of carboxylic acids is 2. The molecule has 1 aromatic rings. The number of hydrogen-bond acceptors (Lipinski definition) is 10.